The van der Waals surface area contributed by atoms with E-state index in [1.165, 1.54) is 212 Å². The highest BCUT2D eigenvalue weighted by molar-refractivity contribution is 5.80. The number of amides is 1. The van der Waals surface area contributed by atoms with Gasteiger partial charge in [-0.05, 0) is 38.5 Å². The Bertz CT molecular complexity index is 758. The van der Waals surface area contributed by atoms with E-state index >= 15 is 0 Å². The molecule has 54 heavy (non-hydrogen) atoms. The van der Waals surface area contributed by atoms with Gasteiger partial charge < -0.3 is 20.6 Å². The molecule has 0 aromatic heterocycles. The lowest BCUT2D eigenvalue weighted by Crippen LogP contribution is -2.49. The zero-order chi connectivity index (χ0) is 39.4. The lowest BCUT2D eigenvalue weighted by Gasteiger charge is -2.23. The highest BCUT2D eigenvalue weighted by Gasteiger charge is 2.23. The van der Waals surface area contributed by atoms with Crippen molar-refractivity contribution in [3.63, 3.8) is 0 Å². The van der Waals surface area contributed by atoms with Crippen LogP contribution in [-0.4, -0.2) is 46.1 Å². The lowest BCUT2D eigenvalue weighted by atomic mass is 10.0. The number of nitrogens with one attached hydrogen (secondary N) is 1. The monoisotopic (exact) mass is 764 g/mol. The van der Waals surface area contributed by atoms with Gasteiger partial charge in [0.2, 0.25) is 5.91 Å². The molecule has 0 aliphatic carbocycles. The number of carbonyl (C=O) groups is 1. The second kappa shape index (κ2) is 44.8. The minimum Gasteiger partial charge on any atom is -0.394 e. The van der Waals surface area contributed by atoms with E-state index in [-0.39, 0.29) is 6.61 Å². The van der Waals surface area contributed by atoms with Crippen molar-refractivity contribution in [2.45, 2.75) is 289 Å². The van der Waals surface area contributed by atoms with E-state index in [0.29, 0.717) is 12.8 Å². The van der Waals surface area contributed by atoms with Crippen molar-refractivity contribution in [3.8, 4) is 0 Å². The van der Waals surface area contributed by atoms with E-state index in [9.17, 15) is 20.1 Å². The summed E-state index contributed by atoms with van der Waals surface area (Å²) in [4.78, 5) is 12.5. The number of allylic oxidation sites excluding steroid dienone is 2. The Kier molecular flexibility index (Phi) is 44.0. The molecule has 5 nitrogen and oxygen atoms in total. The summed E-state index contributed by atoms with van der Waals surface area (Å²) in [7, 11) is 0. The van der Waals surface area contributed by atoms with Crippen molar-refractivity contribution in [3.05, 3.63) is 12.2 Å². The molecule has 0 aromatic carbocycles. The zero-order valence-corrected chi connectivity index (χ0v) is 36.6. The molecule has 0 spiro atoms. The maximum Gasteiger partial charge on any atom is 0.249 e. The summed E-state index contributed by atoms with van der Waals surface area (Å²) in [5.41, 5.74) is 0. The minimum absolute atomic E-state index is 0.312. The predicted molar refractivity (Wildman–Crippen MR) is 236 cm³/mol. The van der Waals surface area contributed by atoms with Crippen LogP contribution in [0.25, 0.3) is 0 Å². The fourth-order valence-corrected chi connectivity index (χ4v) is 7.78. The average molecular weight is 764 g/mol. The first-order valence-electron chi connectivity index (χ1n) is 24.5. The third-order valence-electron chi connectivity index (χ3n) is 11.6. The van der Waals surface area contributed by atoms with Gasteiger partial charge >= 0.3 is 0 Å². The third-order valence-corrected chi connectivity index (χ3v) is 11.6. The standard InChI is InChI=1S/C49H97NO4/c1-3-5-7-9-11-13-15-17-19-21-23-25-27-29-31-33-35-37-39-41-43-47(52)46(45-51)50-49(54)48(53)44-42-40-38-36-34-32-30-28-26-24-22-20-18-16-14-12-10-8-6-4-2/h26,28,46-48,51-53H,3-25,27,29-45H2,1-2H3,(H,50,54)/b28-26-. The Labute approximate surface area is 338 Å². The van der Waals surface area contributed by atoms with Crippen molar-refractivity contribution in [2.24, 2.45) is 0 Å². The molecule has 0 aliphatic rings. The highest BCUT2D eigenvalue weighted by atomic mass is 16.3. The van der Waals surface area contributed by atoms with Gasteiger partial charge in [0.1, 0.15) is 6.10 Å². The Morgan fingerprint density at radius 2 is 0.704 bits per heavy atom. The fourth-order valence-electron chi connectivity index (χ4n) is 7.78. The Morgan fingerprint density at radius 1 is 0.426 bits per heavy atom. The first-order chi connectivity index (χ1) is 26.6. The van der Waals surface area contributed by atoms with Crippen LogP contribution in [0.1, 0.15) is 271 Å². The Balaban J connectivity index is 3.58. The number of rotatable bonds is 45. The molecule has 5 heteroatoms. The summed E-state index contributed by atoms with van der Waals surface area (Å²) < 4.78 is 0. The van der Waals surface area contributed by atoms with E-state index in [1.807, 2.05) is 0 Å². The van der Waals surface area contributed by atoms with Crippen LogP contribution in [0.2, 0.25) is 0 Å². The first kappa shape index (κ1) is 53.1. The molecule has 0 rings (SSSR count). The molecule has 0 aliphatic heterocycles. The van der Waals surface area contributed by atoms with Gasteiger partial charge in [-0.1, -0.05) is 244 Å². The fraction of sp³-hybridized carbons (Fsp3) is 0.939. The smallest absolute Gasteiger partial charge is 0.249 e. The molecule has 0 bridgehead atoms. The van der Waals surface area contributed by atoms with Crippen LogP contribution in [0.3, 0.4) is 0 Å². The Hall–Kier alpha value is -0.910. The molecular weight excluding hydrogens is 667 g/mol. The molecule has 0 fully saturated rings. The summed E-state index contributed by atoms with van der Waals surface area (Å²) in [5.74, 6) is -0.471. The number of unbranched alkanes of at least 4 members (excludes halogenated alkanes) is 35. The van der Waals surface area contributed by atoms with Gasteiger partial charge in [0, 0.05) is 0 Å². The topological polar surface area (TPSA) is 89.8 Å². The number of carbonyl (C=O) groups excluding carboxylic acids is 1. The third kappa shape index (κ3) is 39.3. The molecule has 0 heterocycles. The maximum absolute atomic E-state index is 12.5. The van der Waals surface area contributed by atoms with Crippen molar-refractivity contribution < 1.29 is 20.1 Å². The average Bonchev–Trinajstić information content (AvgIpc) is 3.18. The Morgan fingerprint density at radius 3 is 1.02 bits per heavy atom. The minimum atomic E-state index is -1.08. The molecule has 0 saturated heterocycles. The zero-order valence-electron chi connectivity index (χ0n) is 36.6. The van der Waals surface area contributed by atoms with Gasteiger partial charge in [0.05, 0.1) is 18.8 Å². The second-order valence-corrected chi connectivity index (χ2v) is 17.0. The van der Waals surface area contributed by atoms with Crippen LogP contribution in [-0.2, 0) is 4.79 Å². The van der Waals surface area contributed by atoms with Crippen LogP contribution < -0.4 is 5.32 Å². The van der Waals surface area contributed by atoms with E-state index in [1.54, 1.807) is 0 Å². The predicted octanol–water partition coefficient (Wildman–Crippen LogP) is 14.4. The lowest BCUT2D eigenvalue weighted by molar-refractivity contribution is -0.131. The molecular formula is C49H97NO4. The van der Waals surface area contributed by atoms with Crippen molar-refractivity contribution >= 4 is 5.91 Å². The molecule has 3 atom stereocenters. The molecule has 322 valence electrons. The number of hydrogen-bond donors (Lipinski definition) is 4. The molecule has 0 radical (unpaired) electrons. The molecule has 3 unspecified atom stereocenters. The summed E-state index contributed by atoms with van der Waals surface area (Å²) in [6.07, 6.45) is 53.7. The SMILES string of the molecule is CCCCCCCCCCCC/C=C\CCCCCCCCC(O)C(=O)NC(CO)C(O)CCCCCCCCCCCCCCCCCCCCCC. The van der Waals surface area contributed by atoms with Crippen molar-refractivity contribution in [1.82, 2.24) is 5.32 Å². The van der Waals surface area contributed by atoms with Gasteiger partial charge in [-0.3, -0.25) is 4.79 Å². The van der Waals surface area contributed by atoms with Crippen LogP contribution in [0, 0.1) is 0 Å². The summed E-state index contributed by atoms with van der Waals surface area (Å²) in [5, 5.41) is 33.4. The van der Waals surface area contributed by atoms with Gasteiger partial charge in [0.25, 0.3) is 0 Å². The highest BCUT2D eigenvalue weighted by Crippen LogP contribution is 2.17. The van der Waals surface area contributed by atoms with Crippen molar-refractivity contribution in [2.75, 3.05) is 6.61 Å². The maximum atomic E-state index is 12.5. The second-order valence-electron chi connectivity index (χ2n) is 17.0. The summed E-state index contributed by atoms with van der Waals surface area (Å²) in [6.45, 7) is 4.26. The normalized spacial score (nSPS) is 13.5. The van der Waals surface area contributed by atoms with Gasteiger partial charge in [-0.15, -0.1) is 0 Å². The molecule has 0 saturated carbocycles. The van der Waals surface area contributed by atoms with Gasteiger partial charge in [-0.25, -0.2) is 0 Å². The first-order valence-corrected chi connectivity index (χ1v) is 24.5. The van der Waals surface area contributed by atoms with Crippen LogP contribution in [0.4, 0.5) is 0 Å². The molecule has 4 N–H and O–H groups in total. The van der Waals surface area contributed by atoms with Crippen LogP contribution in [0.5, 0.6) is 0 Å². The number of aliphatic hydroxyl groups is 3. The largest absolute Gasteiger partial charge is 0.394 e. The van der Waals surface area contributed by atoms with E-state index in [4.69, 9.17) is 0 Å². The van der Waals surface area contributed by atoms with Crippen molar-refractivity contribution in [1.29, 1.82) is 0 Å². The summed E-state index contributed by atoms with van der Waals surface area (Å²) in [6, 6.07) is -0.712. The summed E-state index contributed by atoms with van der Waals surface area (Å²) >= 11 is 0. The molecule has 1 amide bonds. The quantitative estimate of drug-likeness (QED) is 0.0367. The van der Waals surface area contributed by atoms with Crippen LogP contribution >= 0.6 is 0 Å². The van der Waals surface area contributed by atoms with Gasteiger partial charge in [-0.2, -0.15) is 0 Å². The molecule has 0 aromatic rings. The van der Waals surface area contributed by atoms with E-state index in [2.05, 4.69) is 31.3 Å². The number of aliphatic hydroxyl groups excluding tert-OH is 3. The van der Waals surface area contributed by atoms with Crippen LogP contribution in [0.15, 0.2) is 12.2 Å². The van der Waals surface area contributed by atoms with E-state index in [0.717, 1.165) is 32.1 Å². The number of hydrogen-bond acceptors (Lipinski definition) is 4. The van der Waals surface area contributed by atoms with Gasteiger partial charge in [0.15, 0.2) is 0 Å². The van der Waals surface area contributed by atoms with E-state index < -0.39 is 24.2 Å².